The van der Waals surface area contributed by atoms with E-state index in [1.807, 2.05) is 17.7 Å². The monoisotopic (exact) mass is 321 g/mol. The number of hydrogen-bond acceptors (Lipinski definition) is 2. The van der Waals surface area contributed by atoms with Crippen LogP contribution in [0.3, 0.4) is 0 Å². The highest BCUT2D eigenvalue weighted by Crippen LogP contribution is 2.41. The number of aryl methyl sites for hydroxylation is 1. The second-order valence-electron chi connectivity index (χ2n) is 5.52. The van der Waals surface area contributed by atoms with E-state index < -0.39 is 11.8 Å². The van der Waals surface area contributed by atoms with E-state index in [0.717, 1.165) is 18.4 Å². The second kappa shape index (κ2) is 5.76. The number of halogens is 2. The van der Waals surface area contributed by atoms with Crippen molar-refractivity contribution >= 4 is 17.6 Å². The zero-order valence-electron chi connectivity index (χ0n) is 12.5. The van der Waals surface area contributed by atoms with Gasteiger partial charge in [0.2, 0.25) is 0 Å². The standard InChI is InChI=1S/C17H17ClFNO2/c1-3-22-17(21)16-15(10(2)9-20(16)12-5-6-12)13-7-4-11(18)8-14(13)19/h4,7-9,12H,3,5-6H2,1-2H3. The molecule has 1 heterocycles. The van der Waals surface area contributed by atoms with E-state index >= 15 is 0 Å². The van der Waals surface area contributed by atoms with Gasteiger partial charge in [0.25, 0.3) is 0 Å². The molecule has 3 rings (SSSR count). The Morgan fingerprint density at radius 3 is 2.77 bits per heavy atom. The largest absolute Gasteiger partial charge is 0.461 e. The molecule has 0 aliphatic heterocycles. The van der Waals surface area contributed by atoms with Crippen molar-refractivity contribution in [3.8, 4) is 11.1 Å². The van der Waals surface area contributed by atoms with E-state index in [4.69, 9.17) is 16.3 Å². The Bertz CT molecular complexity index is 735. The van der Waals surface area contributed by atoms with Gasteiger partial charge in [0, 0.05) is 28.4 Å². The van der Waals surface area contributed by atoms with Crippen LogP contribution >= 0.6 is 11.6 Å². The van der Waals surface area contributed by atoms with Gasteiger partial charge in [0.15, 0.2) is 0 Å². The summed E-state index contributed by atoms with van der Waals surface area (Å²) in [6.07, 6.45) is 3.97. The van der Waals surface area contributed by atoms with Crippen molar-refractivity contribution in [3.05, 3.63) is 46.5 Å². The van der Waals surface area contributed by atoms with Crippen molar-refractivity contribution in [2.24, 2.45) is 0 Å². The molecule has 0 spiro atoms. The van der Waals surface area contributed by atoms with Crippen LogP contribution in [0, 0.1) is 12.7 Å². The number of ether oxygens (including phenoxy) is 1. The quantitative estimate of drug-likeness (QED) is 0.760. The van der Waals surface area contributed by atoms with Gasteiger partial charge in [0.05, 0.1) is 6.61 Å². The summed E-state index contributed by atoms with van der Waals surface area (Å²) in [5, 5.41) is 0.332. The molecule has 1 saturated carbocycles. The highest BCUT2D eigenvalue weighted by atomic mass is 35.5. The third-order valence-electron chi connectivity index (χ3n) is 3.83. The summed E-state index contributed by atoms with van der Waals surface area (Å²) in [6, 6.07) is 4.81. The number of esters is 1. The third kappa shape index (κ3) is 2.63. The number of nitrogens with zero attached hydrogens (tertiary/aromatic N) is 1. The molecule has 116 valence electrons. The Kier molecular flexibility index (Phi) is 3.96. The Hall–Kier alpha value is -1.81. The number of rotatable bonds is 4. The van der Waals surface area contributed by atoms with Gasteiger partial charge in [0.1, 0.15) is 11.5 Å². The van der Waals surface area contributed by atoms with Crippen LogP contribution in [0.2, 0.25) is 5.02 Å². The predicted octanol–water partition coefficient (Wildman–Crippen LogP) is 4.77. The predicted molar refractivity (Wildman–Crippen MR) is 83.8 cm³/mol. The average molecular weight is 322 g/mol. The van der Waals surface area contributed by atoms with Gasteiger partial charge < -0.3 is 9.30 Å². The molecule has 1 fully saturated rings. The van der Waals surface area contributed by atoms with Crippen LogP contribution in [0.5, 0.6) is 0 Å². The Labute approximate surface area is 133 Å². The lowest BCUT2D eigenvalue weighted by Gasteiger charge is -2.11. The lowest BCUT2D eigenvalue weighted by atomic mass is 10.0. The summed E-state index contributed by atoms with van der Waals surface area (Å²) in [5.41, 5.74) is 2.27. The van der Waals surface area contributed by atoms with Gasteiger partial charge in [-0.2, -0.15) is 0 Å². The Balaban J connectivity index is 2.19. The lowest BCUT2D eigenvalue weighted by Crippen LogP contribution is -2.12. The molecule has 0 N–H and O–H groups in total. The molecular formula is C17H17ClFNO2. The van der Waals surface area contributed by atoms with Gasteiger partial charge in [-0.1, -0.05) is 11.6 Å². The van der Waals surface area contributed by atoms with Gasteiger partial charge in [-0.3, -0.25) is 0 Å². The maximum Gasteiger partial charge on any atom is 0.355 e. The van der Waals surface area contributed by atoms with Crippen molar-refractivity contribution in [2.75, 3.05) is 6.61 Å². The number of benzene rings is 1. The van der Waals surface area contributed by atoms with E-state index in [0.29, 0.717) is 27.9 Å². The molecule has 0 amide bonds. The highest BCUT2D eigenvalue weighted by Gasteiger charge is 2.32. The Morgan fingerprint density at radius 1 is 1.45 bits per heavy atom. The number of carbonyl (C=O) groups is 1. The zero-order chi connectivity index (χ0) is 15.9. The molecule has 0 saturated heterocycles. The summed E-state index contributed by atoms with van der Waals surface area (Å²) in [4.78, 5) is 12.4. The maximum atomic E-state index is 14.3. The van der Waals surface area contributed by atoms with Gasteiger partial charge in [-0.25, -0.2) is 9.18 Å². The van der Waals surface area contributed by atoms with E-state index in [1.54, 1.807) is 19.1 Å². The Morgan fingerprint density at radius 2 is 2.18 bits per heavy atom. The molecule has 3 nitrogen and oxygen atoms in total. The average Bonchev–Trinajstić information content (AvgIpc) is 3.24. The summed E-state index contributed by atoms with van der Waals surface area (Å²) < 4.78 is 21.4. The summed E-state index contributed by atoms with van der Waals surface area (Å²) in [5.74, 6) is -0.846. The van der Waals surface area contributed by atoms with Crippen molar-refractivity contribution in [1.82, 2.24) is 4.57 Å². The first kappa shape index (κ1) is 15.1. The third-order valence-corrected chi connectivity index (χ3v) is 4.07. The fourth-order valence-electron chi connectivity index (χ4n) is 2.73. The molecule has 1 aliphatic carbocycles. The molecule has 1 aliphatic rings. The van der Waals surface area contributed by atoms with Crippen LogP contribution < -0.4 is 0 Å². The normalized spacial score (nSPS) is 14.2. The van der Waals surface area contributed by atoms with Gasteiger partial charge in [-0.15, -0.1) is 0 Å². The number of aromatic nitrogens is 1. The summed E-state index contributed by atoms with van der Waals surface area (Å²) >= 11 is 5.83. The van der Waals surface area contributed by atoms with E-state index in [-0.39, 0.29) is 6.61 Å². The van der Waals surface area contributed by atoms with Crippen molar-refractivity contribution in [1.29, 1.82) is 0 Å². The maximum absolute atomic E-state index is 14.3. The topological polar surface area (TPSA) is 31.2 Å². The molecule has 5 heteroatoms. The fraction of sp³-hybridized carbons (Fsp3) is 0.353. The van der Waals surface area contributed by atoms with Gasteiger partial charge >= 0.3 is 5.97 Å². The number of carbonyl (C=O) groups excluding carboxylic acids is 1. The van der Waals surface area contributed by atoms with Crippen LogP contribution in [-0.2, 0) is 4.74 Å². The lowest BCUT2D eigenvalue weighted by molar-refractivity contribution is 0.0514. The first-order valence-electron chi connectivity index (χ1n) is 7.37. The highest BCUT2D eigenvalue weighted by molar-refractivity contribution is 6.30. The summed E-state index contributed by atoms with van der Waals surface area (Å²) in [6.45, 7) is 3.93. The summed E-state index contributed by atoms with van der Waals surface area (Å²) in [7, 11) is 0. The second-order valence-corrected chi connectivity index (χ2v) is 5.96. The molecule has 2 aromatic rings. The van der Waals surface area contributed by atoms with Crippen LogP contribution in [-0.4, -0.2) is 17.1 Å². The van der Waals surface area contributed by atoms with Crippen LogP contribution in [0.1, 0.15) is 41.9 Å². The minimum Gasteiger partial charge on any atom is -0.461 e. The van der Waals surface area contributed by atoms with E-state index in [1.165, 1.54) is 6.07 Å². The molecule has 0 atom stereocenters. The zero-order valence-corrected chi connectivity index (χ0v) is 13.3. The molecule has 22 heavy (non-hydrogen) atoms. The first-order valence-corrected chi connectivity index (χ1v) is 7.74. The van der Waals surface area contributed by atoms with Crippen LogP contribution in [0.4, 0.5) is 4.39 Å². The molecule has 1 aromatic carbocycles. The van der Waals surface area contributed by atoms with E-state index in [9.17, 15) is 9.18 Å². The van der Waals surface area contributed by atoms with Gasteiger partial charge in [-0.05, 0) is 50.5 Å². The SMILES string of the molecule is CCOC(=O)c1c(-c2ccc(Cl)cc2F)c(C)cn1C1CC1. The van der Waals surface area contributed by atoms with Crippen molar-refractivity contribution < 1.29 is 13.9 Å². The van der Waals surface area contributed by atoms with Crippen LogP contribution in [0.15, 0.2) is 24.4 Å². The molecule has 1 aromatic heterocycles. The molecule has 0 radical (unpaired) electrons. The fourth-order valence-corrected chi connectivity index (χ4v) is 2.89. The van der Waals surface area contributed by atoms with Crippen molar-refractivity contribution in [2.45, 2.75) is 32.7 Å². The smallest absolute Gasteiger partial charge is 0.355 e. The number of hydrogen-bond donors (Lipinski definition) is 0. The van der Waals surface area contributed by atoms with E-state index in [2.05, 4.69) is 0 Å². The first-order chi connectivity index (χ1) is 10.5. The van der Waals surface area contributed by atoms with Crippen molar-refractivity contribution in [3.63, 3.8) is 0 Å². The molecule has 0 bridgehead atoms. The minimum atomic E-state index is -0.435. The van der Waals surface area contributed by atoms with Crippen LogP contribution in [0.25, 0.3) is 11.1 Å². The minimum absolute atomic E-state index is 0.288. The molecule has 0 unspecified atom stereocenters. The molecular weight excluding hydrogens is 305 g/mol.